The van der Waals surface area contributed by atoms with Gasteiger partial charge in [0.05, 0.1) is 31.1 Å². The van der Waals surface area contributed by atoms with Crippen molar-refractivity contribution in [1.29, 1.82) is 0 Å². The van der Waals surface area contributed by atoms with Gasteiger partial charge in [-0.1, -0.05) is 12.1 Å². The van der Waals surface area contributed by atoms with Gasteiger partial charge in [-0.2, -0.15) is 26.3 Å². The van der Waals surface area contributed by atoms with Crippen molar-refractivity contribution >= 4 is 17.8 Å². The zero-order valence-electron chi connectivity index (χ0n) is 24.6. The molecule has 16 heteroatoms. The Morgan fingerprint density at radius 1 is 0.935 bits per heavy atom. The molecule has 0 atom stereocenters. The van der Waals surface area contributed by atoms with E-state index in [9.17, 15) is 35.9 Å². The molecule has 0 radical (unpaired) electrons. The molecule has 246 valence electrons. The lowest BCUT2D eigenvalue weighted by Crippen LogP contribution is -2.48. The number of anilines is 1. The van der Waals surface area contributed by atoms with Crippen molar-refractivity contribution < 1.29 is 45.4 Å². The molecule has 3 aromatic rings. The van der Waals surface area contributed by atoms with Crippen LogP contribution in [0.25, 0.3) is 0 Å². The smallest absolute Gasteiger partial charge is 0.419 e. The number of carbonyl (C=O) groups excluding carboxylic acids is 2. The number of carbonyl (C=O) groups is 2. The first-order chi connectivity index (χ1) is 21.8. The van der Waals surface area contributed by atoms with E-state index in [1.165, 1.54) is 33.8 Å². The number of alkyl halides is 6. The molecule has 10 nitrogen and oxygen atoms in total. The molecule has 0 N–H and O–H groups in total. The molecule has 2 aromatic heterocycles. The van der Waals surface area contributed by atoms with Crippen molar-refractivity contribution in [3.63, 3.8) is 0 Å². The zero-order chi connectivity index (χ0) is 33.1. The number of ether oxygens (including phenoxy) is 2. The normalized spacial score (nSPS) is 15.8. The van der Waals surface area contributed by atoms with Crippen LogP contribution in [0, 0.1) is 0 Å². The second kappa shape index (κ2) is 13.3. The number of methoxy groups -OCH3 is 1. The highest BCUT2D eigenvalue weighted by atomic mass is 19.4. The SMILES string of the molecule is COc1ccc(CN2CCn3c(CCOC=CC(=O)N4CCN(c5ncc(C(F)(F)F)cn5)CC4)cc(C(F)(F)F)c3C2=O)cc1. The van der Waals surface area contributed by atoms with Crippen molar-refractivity contribution in [2.75, 3.05) is 51.3 Å². The number of hydrogen-bond donors (Lipinski definition) is 0. The van der Waals surface area contributed by atoms with Gasteiger partial charge in [0.1, 0.15) is 11.4 Å². The summed E-state index contributed by atoms with van der Waals surface area (Å²) in [6, 6.07) is 7.92. The van der Waals surface area contributed by atoms with E-state index in [1.807, 2.05) is 0 Å². The van der Waals surface area contributed by atoms with Crippen molar-refractivity contribution in [3.8, 4) is 5.75 Å². The topological polar surface area (TPSA) is 93.0 Å². The third kappa shape index (κ3) is 7.37. The van der Waals surface area contributed by atoms with Crippen molar-refractivity contribution in [3.05, 3.63) is 83.1 Å². The van der Waals surface area contributed by atoms with Gasteiger partial charge in [-0.25, -0.2) is 9.97 Å². The maximum atomic E-state index is 14.0. The van der Waals surface area contributed by atoms with Gasteiger partial charge in [-0.3, -0.25) is 9.59 Å². The second-order valence-corrected chi connectivity index (χ2v) is 10.6. The van der Waals surface area contributed by atoms with Crippen LogP contribution in [-0.4, -0.2) is 82.6 Å². The van der Waals surface area contributed by atoms with E-state index in [-0.39, 0.29) is 57.6 Å². The number of fused-ring (bicyclic) bond motifs is 1. The average Bonchev–Trinajstić information content (AvgIpc) is 3.42. The molecule has 1 aromatic carbocycles. The Labute approximate surface area is 259 Å². The minimum absolute atomic E-state index is 0.0344. The molecule has 0 aliphatic carbocycles. The fourth-order valence-corrected chi connectivity index (χ4v) is 5.29. The molecule has 2 aliphatic rings. The lowest BCUT2D eigenvalue weighted by Gasteiger charge is -2.34. The number of nitrogens with zero attached hydrogens (tertiary/aromatic N) is 6. The lowest BCUT2D eigenvalue weighted by atomic mass is 10.1. The second-order valence-electron chi connectivity index (χ2n) is 10.6. The largest absolute Gasteiger partial charge is 0.501 e. The predicted molar refractivity (Wildman–Crippen MR) is 152 cm³/mol. The van der Waals surface area contributed by atoms with Crippen LogP contribution in [0.15, 0.2) is 55.1 Å². The summed E-state index contributed by atoms with van der Waals surface area (Å²) in [5.74, 6) is -0.319. The van der Waals surface area contributed by atoms with Crippen LogP contribution < -0.4 is 9.64 Å². The van der Waals surface area contributed by atoms with Crippen molar-refractivity contribution in [1.82, 2.24) is 24.3 Å². The van der Waals surface area contributed by atoms with Gasteiger partial charge in [-0.05, 0) is 23.8 Å². The minimum Gasteiger partial charge on any atom is -0.501 e. The molecule has 46 heavy (non-hydrogen) atoms. The molecule has 0 saturated carbocycles. The van der Waals surface area contributed by atoms with Crippen LogP contribution in [0.4, 0.5) is 32.3 Å². The number of amides is 2. The quantitative estimate of drug-likeness (QED) is 0.147. The van der Waals surface area contributed by atoms with Crippen LogP contribution in [-0.2, 0) is 41.4 Å². The van der Waals surface area contributed by atoms with Crippen LogP contribution in [0.5, 0.6) is 5.75 Å². The van der Waals surface area contributed by atoms with Gasteiger partial charge in [0.15, 0.2) is 0 Å². The van der Waals surface area contributed by atoms with Gasteiger partial charge in [0.2, 0.25) is 11.9 Å². The highest BCUT2D eigenvalue weighted by Crippen LogP contribution is 2.36. The van der Waals surface area contributed by atoms with Gasteiger partial charge < -0.3 is 28.7 Å². The number of halogens is 6. The summed E-state index contributed by atoms with van der Waals surface area (Å²) in [6.07, 6.45) is -5.41. The van der Waals surface area contributed by atoms with Crippen molar-refractivity contribution in [2.24, 2.45) is 0 Å². The molecule has 1 saturated heterocycles. The standard InChI is InChI=1S/C30H30F6N6O4/c1-45-23-4-2-20(3-5-23)19-41-12-13-42-22(16-24(30(34,35)36)26(42)27(41)44)6-14-46-15-7-25(43)39-8-10-40(11-9-39)28-37-17-21(18-38-28)29(31,32)33/h2-5,7,15-18H,6,8-14,19H2,1H3. The monoisotopic (exact) mass is 652 g/mol. The molecule has 2 amide bonds. The first-order valence-corrected chi connectivity index (χ1v) is 14.3. The lowest BCUT2D eigenvalue weighted by molar-refractivity contribution is -0.138. The van der Waals surface area contributed by atoms with Gasteiger partial charge >= 0.3 is 12.4 Å². The number of aromatic nitrogens is 3. The Bertz CT molecular complexity index is 1560. The minimum atomic E-state index is -4.73. The molecule has 0 spiro atoms. The summed E-state index contributed by atoms with van der Waals surface area (Å²) >= 11 is 0. The van der Waals surface area contributed by atoms with E-state index < -0.39 is 35.1 Å². The fraction of sp³-hybridized carbons (Fsp3) is 0.400. The third-order valence-electron chi connectivity index (χ3n) is 7.73. The third-order valence-corrected chi connectivity index (χ3v) is 7.73. The first kappa shape index (κ1) is 32.6. The van der Waals surface area contributed by atoms with E-state index in [0.29, 0.717) is 36.9 Å². The summed E-state index contributed by atoms with van der Waals surface area (Å²) in [7, 11) is 1.52. The first-order valence-electron chi connectivity index (χ1n) is 14.3. The van der Waals surface area contributed by atoms with E-state index in [0.717, 1.165) is 11.6 Å². The predicted octanol–water partition coefficient (Wildman–Crippen LogP) is 4.40. The fourth-order valence-electron chi connectivity index (χ4n) is 5.29. The summed E-state index contributed by atoms with van der Waals surface area (Å²) in [4.78, 5) is 37.9. The van der Waals surface area contributed by atoms with Crippen molar-refractivity contribution in [2.45, 2.75) is 31.9 Å². The Kier molecular flexibility index (Phi) is 9.44. The molecule has 1 fully saturated rings. The van der Waals surface area contributed by atoms with Crippen LogP contribution in [0.1, 0.15) is 32.9 Å². The van der Waals surface area contributed by atoms with E-state index in [1.54, 1.807) is 29.2 Å². The summed E-state index contributed by atoms with van der Waals surface area (Å²) < 4.78 is 92.0. The number of hydrogen-bond acceptors (Lipinski definition) is 7. The molecular formula is C30H30F6N6O4. The summed E-state index contributed by atoms with van der Waals surface area (Å²) in [5.41, 5.74) is -1.31. The number of benzene rings is 1. The highest BCUT2D eigenvalue weighted by Gasteiger charge is 2.41. The van der Waals surface area contributed by atoms with E-state index >= 15 is 0 Å². The van der Waals surface area contributed by atoms with E-state index in [2.05, 4.69) is 9.97 Å². The maximum Gasteiger partial charge on any atom is 0.419 e. The Hall–Kier alpha value is -4.76. The van der Waals surface area contributed by atoms with Gasteiger partial charge in [-0.15, -0.1) is 0 Å². The molecule has 0 bridgehead atoms. The van der Waals surface area contributed by atoms with Gasteiger partial charge in [0, 0.05) is 76.4 Å². The summed E-state index contributed by atoms with van der Waals surface area (Å²) in [5, 5.41) is 0. The molecule has 5 rings (SSSR count). The molecular weight excluding hydrogens is 622 g/mol. The van der Waals surface area contributed by atoms with Crippen LogP contribution >= 0.6 is 0 Å². The molecule has 4 heterocycles. The highest BCUT2D eigenvalue weighted by molar-refractivity contribution is 5.95. The Balaban J connectivity index is 1.13. The maximum absolute atomic E-state index is 14.0. The molecule has 0 unspecified atom stereocenters. The number of piperazine rings is 1. The number of rotatable bonds is 9. The zero-order valence-corrected chi connectivity index (χ0v) is 24.6. The van der Waals surface area contributed by atoms with Gasteiger partial charge in [0.25, 0.3) is 5.91 Å². The van der Waals surface area contributed by atoms with Crippen LogP contribution in [0.3, 0.4) is 0 Å². The summed E-state index contributed by atoms with van der Waals surface area (Å²) in [6.45, 7) is 1.69. The average molecular weight is 653 g/mol. The van der Waals surface area contributed by atoms with E-state index in [4.69, 9.17) is 9.47 Å². The Morgan fingerprint density at radius 2 is 1.61 bits per heavy atom. The van der Waals surface area contributed by atoms with Crippen LogP contribution in [0.2, 0.25) is 0 Å². The molecule has 2 aliphatic heterocycles. The Morgan fingerprint density at radius 3 is 2.22 bits per heavy atom.